The Morgan fingerprint density at radius 3 is 3.08 bits per heavy atom. The van der Waals surface area contributed by atoms with Crippen LogP contribution in [0.1, 0.15) is 19.0 Å². The molecule has 0 amide bonds. The Balaban J connectivity index is 2.60. The van der Waals surface area contributed by atoms with Crippen molar-refractivity contribution >= 4 is 27.0 Å². The van der Waals surface area contributed by atoms with Gasteiger partial charge in [-0.25, -0.2) is 9.97 Å². The number of rotatable bonds is 2. The van der Waals surface area contributed by atoms with E-state index in [1.807, 2.05) is 0 Å². The zero-order valence-corrected chi connectivity index (χ0v) is 8.93. The summed E-state index contributed by atoms with van der Waals surface area (Å²) < 4.78 is 1.08. The van der Waals surface area contributed by atoms with E-state index in [1.54, 1.807) is 12.5 Å². The molecule has 2 rings (SSSR count). The van der Waals surface area contributed by atoms with Crippen LogP contribution in [0, 0.1) is 0 Å². The van der Waals surface area contributed by atoms with Crippen LogP contribution in [0.15, 0.2) is 17.0 Å². The van der Waals surface area contributed by atoms with E-state index in [2.05, 4.69) is 37.8 Å². The highest BCUT2D eigenvalue weighted by Crippen LogP contribution is 2.25. The zero-order valence-electron chi connectivity index (χ0n) is 7.34. The Hall–Kier alpha value is -0.900. The Kier molecular flexibility index (Phi) is 2.31. The summed E-state index contributed by atoms with van der Waals surface area (Å²) in [5.74, 6) is 0. The van der Waals surface area contributed by atoms with Gasteiger partial charge in [-0.15, -0.1) is 0 Å². The minimum Gasteiger partial charge on any atom is -0.355 e. The molecule has 0 saturated heterocycles. The van der Waals surface area contributed by atoms with Crippen molar-refractivity contribution in [2.45, 2.75) is 19.8 Å². The molecule has 0 radical (unpaired) electrons. The fourth-order valence-corrected chi connectivity index (χ4v) is 1.99. The summed E-state index contributed by atoms with van der Waals surface area (Å²) in [6.07, 6.45) is 5.53. The molecule has 2 aromatic heterocycles. The molecule has 0 saturated carbocycles. The third kappa shape index (κ3) is 1.46. The summed E-state index contributed by atoms with van der Waals surface area (Å²) in [4.78, 5) is 11.5. The maximum atomic E-state index is 4.19. The average Bonchev–Trinajstić information content (AvgIpc) is 2.46. The molecule has 1 N–H and O–H groups in total. The summed E-state index contributed by atoms with van der Waals surface area (Å²) in [6.45, 7) is 2.16. The molecule has 4 heteroatoms. The number of hydrogen-bond donors (Lipinski definition) is 1. The molecule has 2 aromatic rings. The van der Waals surface area contributed by atoms with Crippen LogP contribution in [0.2, 0.25) is 0 Å². The van der Waals surface area contributed by atoms with E-state index in [4.69, 9.17) is 0 Å². The molecule has 68 valence electrons. The van der Waals surface area contributed by atoms with E-state index in [9.17, 15) is 0 Å². The van der Waals surface area contributed by atoms with Gasteiger partial charge in [-0.1, -0.05) is 13.3 Å². The van der Waals surface area contributed by atoms with Crippen molar-refractivity contribution in [3.8, 4) is 0 Å². The maximum Gasteiger partial charge on any atom is 0.116 e. The van der Waals surface area contributed by atoms with Crippen LogP contribution in [0.3, 0.4) is 0 Å². The third-order valence-electron chi connectivity index (χ3n) is 1.97. The van der Waals surface area contributed by atoms with Crippen LogP contribution in [-0.2, 0) is 6.42 Å². The predicted octanol–water partition coefficient (Wildman–Crippen LogP) is 2.67. The van der Waals surface area contributed by atoms with Crippen molar-refractivity contribution in [2.24, 2.45) is 0 Å². The van der Waals surface area contributed by atoms with Crippen molar-refractivity contribution in [1.29, 1.82) is 0 Å². The lowest BCUT2D eigenvalue weighted by Gasteiger charge is -1.92. The number of hydrogen-bond acceptors (Lipinski definition) is 2. The number of fused-ring (bicyclic) bond motifs is 1. The summed E-state index contributed by atoms with van der Waals surface area (Å²) in [6, 6.07) is 0. The Morgan fingerprint density at radius 2 is 2.38 bits per heavy atom. The summed E-state index contributed by atoms with van der Waals surface area (Å²) in [7, 11) is 0. The quantitative estimate of drug-likeness (QED) is 0.876. The molecule has 0 bridgehead atoms. The van der Waals surface area contributed by atoms with Crippen LogP contribution in [0.5, 0.6) is 0 Å². The van der Waals surface area contributed by atoms with Gasteiger partial charge in [0, 0.05) is 5.69 Å². The largest absolute Gasteiger partial charge is 0.355 e. The molecule has 0 aliphatic rings. The highest BCUT2D eigenvalue weighted by molar-refractivity contribution is 9.10. The lowest BCUT2D eigenvalue weighted by molar-refractivity contribution is 0.891. The molecule has 0 aliphatic heterocycles. The maximum absolute atomic E-state index is 4.19. The fourth-order valence-electron chi connectivity index (χ4n) is 1.38. The molecular formula is C9H10BrN3. The Labute approximate surface area is 84.7 Å². The van der Waals surface area contributed by atoms with Crippen molar-refractivity contribution in [2.75, 3.05) is 0 Å². The number of aromatic nitrogens is 3. The lowest BCUT2D eigenvalue weighted by Crippen LogP contribution is -1.82. The molecule has 0 atom stereocenters. The van der Waals surface area contributed by atoms with E-state index >= 15 is 0 Å². The van der Waals surface area contributed by atoms with Crippen molar-refractivity contribution in [1.82, 2.24) is 15.0 Å². The highest BCUT2D eigenvalue weighted by Gasteiger charge is 2.08. The number of H-pyrrole nitrogens is 1. The van der Waals surface area contributed by atoms with Gasteiger partial charge < -0.3 is 4.98 Å². The van der Waals surface area contributed by atoms with E-state index in [-0.39, 0.29) is 0 Å². The van der Waals surface area contributed by atoms with Gasteiger partial charge in [0.1, 0.15) is 11.8 Å². The average molecular weight is 240 g/mol. The Morgan fingerprint density at radius 1 is 1.54 bits per heavy atom. The van der Waals surface area contributed by atoms with Crippen LogP contribution < -0.4 is 0 Å². The van der Waals surface area contributed by atoms with E-state index < -0.39 is 0 Å². The molecule has 0 unspecified atom stereocenters. The minimum absolute atomic E-state index is 0.971. The summed E-state index contributed by atoms with van der Waals surface area (Å²) in [5, 5.41) is 0. The van der Waals surface area contributed by atoms with Crippen molar-refractivity contribution in [3.05, 3.63) is 22.7 Å². The molecule has 13 heavy (non-hydrogen) atoms. The summed E-state index contributed by atoms with van der Waals surface area (Å²) >= 11 is 3.53. The third-order valence-corrected chi connectivity index (χ3v) is 2.82. The van der Waals surface area contributed by atoms with Crippen LogP contribution in [0.4, 0.5) is 0 Å². The van der Waals surface area contributed by atoms with Gasteiger partial charge in [0.25, 0.3) is 0 Å². The molecule has 0 aliphatic carbocycles. The van der Waals surface area contributed by atoms with Gasteiger partial charge in [0.15, 0.2) is 0 Å². The second-order valence-electron chi connectivity index (χ2n) is 2.95. The second kappa shape index (κ2) is 3.46. The number of aryl methyl sites for hydroxylation is 1. The number of halogens is 1. The minimum atomic E-state index is 0.971. The van der Waals surface area contributed by atoms with Gasteiger partial charge in [0.2, 0.25) is 0 Å². The SMILES string of the molecule is CCCc1[nH]c2cncnc2c1Br. The van der Waals surface area contributed by atoms with Crippen molar-refractivity contribution < 1.29 is 0 Å². The predicted molar refractivity (Wildman–Crippen MR) is 55.6 cm³/mol. The van der Waals surface area contributed by atoms with Gasteiger partial charge in [-0.05, 0) is 22.4 Å². The monoisotopic (exact) mass is 239 g/mol. The molecule has 3 nitrogen and oxygen atoms in total. The van der Waals surface area contributed by atoms with E-state index in [0.29, 0.717) is 0 Å². The van der Waals surface area contributed by atoms with Gasteiger partial charge in [-0.2, -0.15) is 0 Å². The van der Waals surface area contributed by atoms with Crippen LogP contribution in [0.25, 0.3) is 11.0 Å². The molecule has 2 heterocycles. The number of nitrogens with zero attached hydrogens (tertiary/aromatic N) is 2. The molecule has 0 spiro atoms. The zero-order chi connectivity index (χ0) is 9.26. The Bertz CT molecular complexity index is 422. The van der Waals surface area contributed by atoms with E-state index in [1.165, 1.54) is 5.69 Å². The first-order valence-electron chi connectivity index (χ1n) is 4.29. The first-order valence-corrected chi connectivity index (χ1v) is 5.08. The summed E-state index contributed by atoms with van der Waals surface area (Å²) in [5.41, 5.74) is 3.18. The topological polar surface area (TPSA) is 41.6 Å². The van der Waals surface area contributed by atoms with Gasteiger partial charge in [-0.3, -0.25) is 0 Å². The fraction of sp³-hybridized carbons (Fsp3) is 0.333. The number of nitrogens with one attached hydrogen (secondary N) is 1. The van der Waals surface area contributed by atoms with Crippen LogP contribution >= 0.6 is 15.9 Å². The first kappa shape index (κ1) is 8.69. The van der Waals surface area contributed by atoms with E-state index in [0.717, 1.165) is 28.3 Å². The van der Waals surface area contributed by atoms with Crippen molar-refractivity contribution in [3.63, 3.8) is 0 Å². The normalized spacial score (nSPS) is 10.9. The molecular weight excluding hydrogens is 230 g/mol. The highest BCUT2D eigenvalue weighted by atomic mass is 79.9. The number of aromatic amines is 1. The lowest BCUT2D eigenvalue weighted by atomic mass is 10.2. The second-order valence-corrected chi connectivity index (χ2v) is 3.75. The van der Waals surface area contributed by atoms with Crippen LogP contribution in [-0.4, -0.2) is 15.0 Å². The van der Waals surface area contributed by atoms with Gasteiger partial charge in [0.05, 0.1) is 16.2 Å². The standard InChI is InChI=1S/C9H10BrN3/c1-2-3-6-8(10)9-7(13-6)4-11-5-12-9/h4-5,13H,2-3H2,1H3. The molecule has 0 aromatic carbocycles. The smallest absolute Gasteiger partial charge is 0.116 e. The first-order chi connectivity index (χ1) is 6.33. The van der Waals surface area contributed by atoms with Gasteiger partial charge >= 0.3 is 0 Å². The molecule has 0 fully saturated rings.